The smallest absolute Gasteiger partial charge is 0.281 e. The van der Waals surface area contributed by atoms with Gasteiger partial charge in [-0.25, -0.2) is 24.9 Å². The van der Waals surface area contributed by atoms with Gasteiger partial charge in [0.05, 0.1) is 34.1 Å². The van der Waals surface area contributed by atoms with Crippen molar-refractivity contribution in [3.8, 4) is 5.69 Å². The molecule has 14 heterocycles. The van der Waals surface area contributed by atoms with Crippen LogP contribution in [0.25, 0.3) is 67.7 Å². The van der Waals surface area contributed by atoms with Crippen molar-refractivity contribution in [2.24, 2.45) is 0 Å². The molecule has 478 valence electrons. The van der Waals surface area contributed by atoms with E-state index in [1.54, 1.807) is 11.3 Å². The Bertz CT molecular complexity index is 5930. The number of hydrogen-bond donors (Lipinski definition) is 0. The molecule has 0 atom stereocenters. The van der Waals surface area contributed by atoms with Crippen molar-refractivity contribution in [1.29, 1.82) is 0 Å². The van der Waals surface area contributed by atoms with E-state index < -0.39 is 0 Å². The first kappa shape index (κ1) is 60.4. The number of pyridine rings is 5. The predicted molar refractivity (Wildman–Crippen MR) is 439 cm³/mol. The highest BCUT2D eigenvalue weighted by Crippen LogP contribution is 2.50. The molecular formula is C85H54B3N9S5. The summed E-state index contributed by atoms with van der Waals surface area (Å²) < 4.78 is 10.4. The van der Waals surface area contributed by atoms with Crippen LogP contribution >= 0.6 is 56.7 Å². The van der Waals surface area contributed by atoms with Crippen molar-refractivity contribution in [3.05, 3.63) is 328 Å². The molecule has 0 fully saturated rings. The van der Waals surface area contributed by atoms with Gasteiger partial charge in [0, 0.05) is 120 Å². The first-order chi connectivity index (χ1) is 50.7. The van der Waals surface area contributed by atoms with Crippen LogP contribution in [-0.4, -0.2) is 49.6 Å². The van der Waals surface area contributed by atoms with E-state index in [9.17, 15) is 0 Å². The van der Waals surface area contributed by atoms with E-state index in [-0.39, 0.29) is 20.1 Å². The van der Waals surface area contributed by atoms with E-state index in [4.69, 9.17) is 24.9 Å². The molecule has 8 aromatic carbocycles. The van der Waals surface area contributed by atoms with Gasteiger partial charge in [0.15, 0.2) is 0 Å². The van der Waals surface area contributed by atoms with Gasteiger partial charge in [-0.3, -0.25) is 0 Å². The van der Waals surface area contributed by atoms with Crippen molar-refractivity contribution in [3.63, 3.8) is 0 Å². The van der Waals surface area contributed by atoms with Crippen LogP contribution in [0.2, 0.25) is 0 Å². The van der Waals surface area contributed by atoms with E-state index in [1.807, 2.05) is 101 Å². The van der Waals surface area contributed by atoms with Gasteiger partial charge in [0.1, 0.15) is 25.0 Å². The highest BCUT2D eigenvalue weighted by atomic mass is 32.1. The molecule has 0 radical (unpaired) electrons. The summed E-state index contributed by atoms with van der Waals surface area (Å²) in [4.78, 5) is 35.6. The maximum absolute atomic E-state index is 4.96. The predicted octanol–water partition coefficient (Wildman–Crippen LogP) is 17.0. The molecule has 9 nitrogen and oxygen atoms in total. The van der Waals surface area contributed by atoms with Crippen molar-refractivity contribution >= 4 is 236 Å². The third-order valence-electron chi connectivity index (χ3n) is 19.6. The molecule has 22 rings (SSSR count). The molecule has 0 unspecified atom stereocenters. The van der Waals surface area contributed by atoms with Crippen molar-refractivity contribution in [2.45, 2.75) is 0 Å². The summed E-state index contributed by atoms with van der Waals surface area (Å²) in [5.74, 6) is 0. The number of fused-ring (bicyclic) bond motifs is 18. The Hall–Kier alpha value is -11.6. The first-order valence-corrected chi connectivity index (χ1v) is 38.0. The van der Waals surface area contributed by atoms with Crippen molar-refractivity contribution in [1.82, 2.24) is 29.5 Å². The Morgan fingerprint density at radius 3 is 0.912 bits per heavy atom. The lowest BCUT2D eigenvalue weighted by molar-refractivity contribution is 1.12. The molecular weight excluding hydrogens is 1340 g/mol. The fraction of sp³-hybridized carbons (Fsp3) is 0. The lowest BCUT2D eigenvalue weighted by Crippen LogP contribution is -2.58. The lowest BCUT2D eigenvalue weighted by Gasteiger charge is -2.34. The average molecular weight is 1390 g/mol. The van der Waals surface area contributed by atoms with E-state index in [0.717, 1.165) is 47.4 Å². The third kappa shape index (κ3) is 9.82. The summed E-state index contributed by atoms with van der Waals surface area (Å²) in [7, 11) is 0. The lowest BCUT2D eigenvalue weighted by atomic mass is 9.39. The van der Waals surface area contributed by atoms with Crippen LogP contribution < -0.4 is 60.6 Å². The normalized spacial score (nSPS) is 12.8. The number of nitrogens with zero attached hydrogens (tertiary/aromatic N) is 9. The van der Waals surface area contributed by atoms with Gasteiger partial charge in [-0.2, -0.15) is 0 Å². The molecule has 0 saturated carbocycles. The quantitative estimate of drug-likeness (QED) is 0.146. The van der Waals surface area contributed by atoms with E-state index >= 15 is 0 Å². The first-order valence-electron chi connectivity index (χ1n) is 34.0. The molecule has 102 heavy (non-hydrogen) atoms. The minimum Gasteiger partial charge on any atom is -0.309 e. The number of hydrogen-bond acceptors (Lipinski definition) is 13. The minimum atomic E-state index is 0.0229. The highest BCUT2D eigenvalue weighted by Gasteiger charge is 2.45. The van der Waals surface area contributed by atoms with Crippen molar-refractivity contribution < 1.29 is 0 Å². The van der Waals surface area contributed by atoms with Crippen LogP contribution in [0, 0.1) is 0 Å². The number of benzene rings is 8. The summed E-state index contributed by atoms with van der Waals surface area (Å²) >= 11 is 9.16. The standard InChI is InChI=1S/C32H21BN4S.C27H17BN2S2.C26H16BN3S2/c1-4-12-22(13-5-1)33-29-27(25-18-10-20-34-31(25)37(29)24-16-8-3-9-17-24)36(23-14-6-2-7-15-23)28-26-19-11-21-35-32(26)38-30(28)33;1-3-10-18(11-4-1)28-25-23(20-14-7-8-16-22(20)31-25)30(19-12-5-2-6-13-19)24-21-15-9-17-29-27(21)32-26(24)28;1-3-9-17(10-4-1)27-23-21(19-13-7-15-28-25(19)31-23)30(18-11-5-2-6-12-18)22-20-14-8-16-29-26(20)32-24(22)27/h1-21H;1-17H;1-16H. The Morgan fingerprint density at radius 1 is 0.225 bits per heavy atom. The van der Waals surface area contributed by atoms with Crippen LogP contribution in [0.4, 0.5) is 51.2 Å². The summed E-state index contributed by atoms with van der Waals surface area (Å²) in [5.41, 5.74) is 18.1. The molecule has 11 aromatic heterocycles. The molecule has 19 aromatic rings. The van der Waals surface area contributed by atoms with Crippen molar-refractivity contribution in [2.75, 3.05) is 14.7 Å². The summed E-state index contributed by atoms with van der Waals surface area (Å²) in [6.07, 6.45) is 9.48. The SMILES string of the molecule is c1ccc(B2c3sc4ccccc4c3N(c3ccccc3)c3c2sc2ncccc32)cc1.c1ccc(B2c3sc4ncccc4c3N(c3ccccc3)c3c2n(-c2ccccc2)c2ncccc32)cc1.c1ccc(B2c3sc4ncccc4c3N(c3ccccc3)c3c2sc2ncccc32)cc1. The van der Waals surface area contributed by atoms with Crippen LogP contribution in [0.3, 0.4) is 0 Å². The Balaban J connectivity index is 0.000000103. The zero-order chi connectivity index (χ0) is 67.2. The minimum absolute atomic E-state index is 0.0229. The van der Waals surface area contributed by atoms with Crippen LogP contribution in [0.15, 0.2) is 328 Å². The van der Waals surface area contributed by atoms with Gasteiger partial charge >= 0.3 is 0 Å². The molecule has 0 spiro atoms. The highest BCUT2D eigenvalue weighted by molar-refractivity contribution is 7.41. The van der Waals surface area contributed by atoms with Gasteiger partial charge in [0.25, 0.3) is 20.1 Å². The fourth-order valence-corrected chi connectivity index (χ4v) is 22.0. The summed E-state index contributed by atoms with van der Waals surface area (Å²) in [5, 5.41) is 7.24. The Morgan fingerprint density at radius 2 is 0.510 bits per heavy atom. The monoisotopic (exact) mass is 1390 g/mol. The second-order valence-electron chi connectivity index (χ2n) is 25.3. The molecule has 0 bridgehead atoms. The van der Waals surface area contributed by atoms with E-state index in [1.165, 1.54) is 117 Å². The largest absolute Gasteiger partial charge is 0.309 e. The number of thiophene rings is 5. The third-order valence-corrected chi connectivity index (χ3v) is 25.5. The van der Waals surface area contributed by atoms with Gasteiger partial charge < -0.3 is 19.3 Å². The summed E-state index contributed by atoms with van der Waals surface area (Å²) in [6, 6.07) is 105. The average Bonchev–Trinajstić information content (AvgIpc) is 1.54. The van der Waals surface area contributed by atoms with Gasteiger partial charge in [-0.15, -0.1) is 56.7 Å². The topological polar surface area (TPSA) is 79.1 Å². The molecule has 17 heteroatoms. The van der Waals surface area contributed by atoms with Gasteiger partial charge in [-0.1, -0.05) is 198 Å². The van der Waals surface area contributed by atoms with Gasteiger partial charge in [0.2, 0.25) is 0 Å². The molecule has 0 aliphatic carbocycles. The second-order valence-corrected chi connectivity index (χ2v) is 30.5. The molecule has 0 N–H and O–H groups in total. The molecule has 3 aliphatic heterocycles. The summed E-state index contributed by atoms with van der Waals surface area (Å²) in [6.45, 7) is 0.395. The maximum atomic E-state index is 4.96. The molecule has 0 saturated heterocycles. The van der Waals surface area contributed by atoms with E-state index in [2.05, 4.69) is 292 Å². The number of anilines is 9. The Labute approximate surface area is 609 Å². The zero-order valence-corrected chi connectivity index (χ0v) is 58.6. The fourth-order valence-electron chi connectivity index (χ4n) is 15.4. The molecule has 3 aliphatic rings. The van der Waals surface area contributed by atoms with Crippen LogP contribution in [0.1, 0.15) is 0 Å². The molecule has 0 amide bonds. The number of para-hydroxylation sites is 4. The number of aromatic nitrogens is 6. The van der Waals surface area contributed by atoms with E-state index in [0.29, 0.717) is 0 Å². The maximum Gasteiger partial charge on any atom is 0.281 e. The van der Waals surface area contributed by atoms with Gasteiger partial charge in [-0.05, 0) is 115 Å². The Kier molecular flexibility index (Phi) is 15.0. The number of rotatable bonds is 7. The second kappa shape index (κ2) is 25.3. The zero-order valence-electron chi connectivity index (χ0n) is 54.5. The van der Waals surface area contributed by atoms with Crippen LogP contribution in [-0.2, 0) is 0 Å². The van der Waals surface area contributed by atoms with Crippen LogP contribution in [0.5, 0.6) is 0 Å².